The first kappa shape index (κ1) is 22.0. The van der Waals surface area contributed by atoms with Crippen LogP contribution in [0.25, 0.3) is 0 Å². The van der Waals surface area contributed by atoms with Crippen molar-refractivity contribution in [2.24, 2.45) is 0 Å². The second-order valence-electron chi connectivity index (χ2n) is 8.18. The zero-order valence-corrected chi connectivity index (χ0v) is 17.6. The Labute approximate surface area is 183 Å². The molecule has 2 aromatic rings. The largest absolute Gasteiger partial charge is 0.464 e. The Hall–Kier alpha value is -3.17. The van der Waals surface area contributed by atoms with Gasteiger partial charge in [-0.15, -0.1) is 0 Å². The lowest BCUT2D eigenvalue weighted by atomic mass is 9.81. The molecule has 1 spiro atoms. The van der Waals surface area contributed by atoms with Crippen molar-refractivity contribution >= 4 is 17.7 Å². The highest BCUT2D eigenvalue weighted by Gasteiger charge is 2.50. The van der Waals surface area contributed by atoms with Crippen molar-refractivity contribution in [3.05, 3.63) is 53.6 Å². The SMILES string of the molecule is COC(=O)c1ccc(CN2C(=O)N(c3ccc(C(F)(F)F)nc3)CC23CCCCC3)cn1. The van der Waals surface area contributed by atoms with Gasteiger partial charge in [0, 0.05) is 12.7 Å². The van der Waals surface area contributed by atoms with E-state index < -0.39 is 23.4 Å². The number of alkyl halides is 3. The number of methoxy groups -OCH3 is 1. The molecule has 2 aromatic heterocycles. The van der Waals surface area contributed by atoms with Gasteiger partial charge < -0.3 is 9.64 Å². The van der Waals surface area contributed by atoms with E-state index >= 15 is 0 Å². The van der Waals surface area contributed by atoms with Gasteiger partial charge in [0.25, 0.3) is 0 Å². The fourth-order valence-corrected chi connectivity index (χ4v) is 4.51. The molecule has 32 heavy (non-hydrogen) atoms. The summed E-state index contributed by atoms with van der Waals surface area (Å²) in [5.74, 6) is -0.543. The lowest BCUT2D eigenvalue weighted by Gasteiger charge is -2.40. The van der Waals surface area contributed by atoms with Crippen molar-refractivity contribution in [2.75, 3.05) is 18.6 Å². The number of carbonyl (C=O) groups is 2. The van der Waals surface area contributed by atoms with Crippen LogP contribution in [0.2, 0.25) is 0 Å². The maximum absolute atomic E-state index is 13.4. The predicted octanol–water partition coefficient (Wildman–Crippen LogP) is 4.43. The average molecular weight is 448 g/mol. The molecule has 0 aromatic carbocycles. The Balaban J connectivity index is 1.60. The van der Waals surface area contributed by atoms with E-state index in [9.17, 15) is 22.8 Å². The number of pyridine rings is 2. The van der Waals surface area contributed by atoms with Crippen molar-refractivity contribution in [2.45, 2.75) is 50.4 Å². The Kier molecular flexibility index (Phi) is 5.79. The maximum Gasteiger partial charge on any atom is 0.433 e. The summed E-state index contributed by atoms with van der Waals surface area (Å²) in [6.45, 7) is 0.685. The maximum atomic E-state index is 13.4. The topological polar surface area (TPSA) is 75.6 Å². The molecule has 3 heterocycles. The van der Waals surface area contributed by atoms with Crippen LogP contribution in [-0.2, 0) is 17.5 Å². The first-order valence-electron chi connectivity index (χ1n) is 10.4. The van der Waals surface area contributed by atoms with Gasteiger partial charge in [0.05, 0.1) is 31.1 Å². The summed E-state index contributed by atoms with van der Waals surface area (Å²) >= 11 is 0. The highest BCUT2D eigenvalue weighted by Crippen LogP contribution is 2.42. The first-order valence-corrected chi connectivity index (χ1v) is 10.4. The predicted molar refractivity (Wildman–Crippen MR) is 109 cm³/mol. The number of aromatic nitrogens is 2. The molecule has 0 bridgehead atoms. The van der Waals surface area contributed by atoms with Crippen molar-refractivity contribution in [1.82, 2.24) is 14.9 Å². The van der Waals surface area contributed by atoms with Gasteiger partial charge in [0.2, 0.25) is 0 Å². The van der Waals surface area contributed by atoms with E-state index in [0.29, 0.717) is 12.2 Å². The number of amides is 2. The summed E-state index contributed by atoms with van der Waals surface area (Å²) in [6.07, 6.45) is 2.78. The normalized spacial score (nSPS) is 18.3. The number of esters is 1. The van der Waals surface area contributed by atoms with Gasteiger partial charge in [0.1, 0.15) is 11.4 Å². The summed E-state index contributed by atoms with van der Waals surface area (Å²) in [5, 5.41) is 0. The third kappa shape index (κ3) is 4.13. The Morgan fingerprint density at radius 2 is 1.84 bits per heavy atom. The number of hydrogen-bond donors (Lipinski definition) is 0. The van der Waals surface area contributed by atoms with E-state index in [1.165, 1.54) is 18.1 Å². The second kappa shape index (κ2) is 8.40. The molecule has 2 amide bonds. The van der Waals surface area contributed by atoms with Crippen molar-refractivity contribution in [3.63, 3.8) is 0 Å². The molecular formula is C22H23F3N4O3. The highest BCUT2D eigenvalue weighted by molar-refractivity contribution is 5.95. The van der Waals surface area contributed by atoms with Gasteiger partial charge in [-0.3, -0.25) is 4.90 Å². The van der Waals surface area contributed by atoms with E-state index in [2.05, 4.69) is 14.7 Å². The number of halogens is 3. The van der Waals surface area contributed by atoms with E-state index in [1.807, 2.05) is 0 Å². The number of rotatable bonds is 4. The van der Waals surface area contributed by atoms with Crippen molar-refractivity contribution in [1.29, 1.82) is 0 Å². The summed E-state index contributed by atoms with van der Waals surface area (Å²) in [4.78, 5) is 35.9. The van der Waals surface area contributed by atoms with Gasteiger partial charge in [-0.2, -0.15) is 13.2 Å². The Morgan fingerprint density at radius 1 is 1.09 bits per heavy atom. The smallest absolute Gasteiger partial charge is 0.433 e. The van der Waals surface area contributed by atoms with Crippen LogP contribution in [0.1, 0.15) is 53.8 Å². The first-order chi connectivity index (χ1) is 15.2. The molecule has 1 saturated carbocycles. The molecule has 7 nitrogen and oxygen atoms in total. The molecule has 2 aliphatic rings. The van der Waals surface area contributed by atoms with Gasteiger partial charge >= 0.3 is 18.2 Å². The minimum atomic E-state index is -4.53. The number of carbonyl (C=O) groups excluding carboxylic acids is 2. The minimum Gasteiger partial charge on any atom is -0.464 e. The lowest BCUT2D eigenvalue weighted by molar-refractivity contribution is -0.141. The third-order valence-electron chi connectivity index (χ3n) is 6.18. The van der Waals surface area contributed by atoms with Gasteiger partial charge in [-0.1, -0.05) is 25.3 Å². The van der Waals surface area contributed by atoms with Gasteiger partial charge in [-0.05, 0) is 36.6 Å². The second-order valence-corrected chi connectivity index (χ2v) is 8.18. The summed E-state index contributed by atoms with van der Waals surface area (Å²) < 4.78 is 43.3. The number of anilines is 1. The molecule has 1 aliphatic carbocycles. The zero-order valence-electron chi connectivity index (χ0n) is 17.6. The molecule has 0 atom stereocenters. The number of hydrogen-bond acceptors (Lipinski definition) is 5. The standard InChI is InChI=1S/C22H23F3N4O3/c1-32-19(30)17-7-5-15(11-26-17)13-29-20(31)28(14-21(29)9-3-2-4-10-21)16-6-8-18(27-12-16)22(23,24)25/h5-8,11-12H,2-4,9-10,13-14H2,1H3. The number of urea groups is 1. The summed E-state index contributed by atoms with van der Waals surface area (Å²) in [5.41, 5.74) is -0.125. The van der Waals surface area contributed by atoms with E-state index in [0.717, 1.165) is 49.9 Å². The molecule has 0 radical (unpaired) electrons. The zero-order chi connectivity index (χ0) is 22.9. The quantitative estimate of drug-likeness (QED) is 0.647. The number of ether oxygens (including phenoxy) is 1. The summed E-state index contributed by atoms with van der Waals surface area (Å²) in [6, 6.07) is 5.19. The molecule has 0 unspecified atom stereocenters. The van der Waals surface area contributed by atoms with E-state index in [4.69, 9.17) is 0 Å². The van der Waals surface area contributed by atoms with Crippen LogP contribution < -0.4 is 4.90 Å². The molecule has 0 N–H and O–H groups in total. The third-order valence-corrected chi connectivity index (χ3v) is 6.18. The van der Waals surface area contributed by atoms with Gasteiger partial charge in [0.15, 0.2) is 0 Å². The van der Waals surface area contributed by atoms with Crippen LogP contribution in [0.15, 0.2) is 36.7 Å². The van der Waals surface area contributed by atoms with Crippen molar-refractivity contribution in [3.8, 4) is 0 Å². The van der Waals surface area contributed by atoms with Crippen LogP contribution in [0.3, 0.4) is 0 Å². The molecule has 170 valence electrons. The van der Waals surface area contributed by atoms with E-state index in [-0.39, 0.29) is 18.3 Å². The van der Waals surface area contributed by atoms with Gasteiger partial charge in [-0.25, -0.2) is 19.6 Å². The highest BCUT2D eigenvalue weighted by atomic mass is 19.4. The van der Waals surface area contributed by atoms with Crippen molar-refractivity contribution < 1.29 is 27.5 Å². The molecule has 4 rings (SSSR count). The monoisotopic (exact) mass is 448 g/mol. The minimum absolute atomic E-state index is 0.175. The van der Waals surface area contributed by atoms with Crippen LogP contribution in [-0.4, -0.2) is 46.1 Å². The van der Waals surface area contributed by atoms with Crippen LogP contribution >= 0.6 is 0 Å². The Bertz CT molecular complexity index is 987. The van der Waals surface area contributed by atoms with Crippen LogP contribution in [0.4, 0.5) is 23.7 Å². The fraction of sp³-hybridized carbons (Fsp3) is 0.455. The lowest BCUT2D eigenvalue weighted by Crippen LogP contribution is -2.48. The number of nitrogens with zero attached hydrogens (tertiary/aromatic N) is 4. The summed E-state index contributed by atoms with van der Waals surface area (Å²) in [7, 11) is 1.28. The molecule has 2 fully saturated rings. The molecular weight excluding hydrogens is 425 g/mol. The molecule has 10 heteroatoms. The van der Waals surface area contributed by atoms with E-state index in [1.54, 1.807) is 23.2 Å². The van der Waals surface area contributed by atoms with Crippen LogP contribution in [0.5, 0.6) is 0 Å². The average Bonchev–Trinajstić information content (AvgIpc) is 3.05. The van der Waals surface area contributed by atoms with Crippen LogP contribution in [0, 0.1) is 0 Å². The Morgan fingerprint density at radius 3 is 2.41 bits per heavy atom. The molecule has 1 aliphatic heterocycles. The fourth-order valence-electron chi connectivity index (χ4n) is 4.51. The molecule has 1 saturated heterocycles.